The molecule has 1 aliphatic carbocycles. The van der Waals surface area contributed by atoms with Gasteiger partial charge in [-0.25, -0.2) is 4.57 Å². The van der Waals surface area contributed by atoms with E-state index in [9.17, 15) is 20.1 Å². The molecule has 0 fully saturated rings. The van der Waals surface area contributed by atoms with Crippen LogP contribution in [0.1, 0.15) is 67.5 Å². The molecule has 116 valence electrons. The number of hydrogen-bond donors (Lipinski definition) is 3. The van der Waals surface area contributed by atoms with Crippen LogP contribution in [0.25, 0.3) is 0 Å². The zero-order valence-electron chi connectivity index (χ0n) is 12.4. The van der Waals surface area contributed by atoms with E-state index in [-0.39, 0.29) is 17.3 Å². The smallest absolute Gasteiger partial charge is 0.262 e. The van der Waals surface area contributed by atoms with E-state index in [2.05, 4.69) is 6.58 Å². The Morgan fingerprint density at radius 2 is 1.76 bits per heavy atom. The predicted molar refractivity (Wildman–Crippen MR) is 79.6 cm³/mol. The number of aliphatic hydroxyl groups is 1. The summed E-state index contributed by atoms with van der Waals surface area (Å²) in [6.07, 6.45) is 5.11. The third-order valence-corrected chi connectivity index (χ3v) is 4.07. The van der Waals surface area contributed by atoms with Gasteiger partial charge in [-0.15, -0.1) is 0 Å². The first-order chi connectivity index (χ1) is 9.95. The molecule has 0 aromatic carbocycles. The summed E-state index contributed by atoms with van der Waals surface area (Å²) in [5, 5.41) is 30.9. The Morgan fingerprint density at radius 3 is 2.43 bits per heavy atom. The lowest BCUT2D eigenvalue weighted by Gasteiger charge is -2.14. The molecule has 5 nitrogen and oxygen atoms in total. The Labute approximate surface area is 124 Å². The van der Waals surface area contributed by atoms with Crippen LogP contribution in [-0.2, 0) is 6.42 Å². The number of allylic oxidation sites excluding steroid dienone is 1. The van der Waals surface area contributed by atoms with Crippen LogP contribution in [0.5, 0.6) is 11.8 Å². The van der Waals surface area contributed by atoms with Crippen molar-refractivity contribution in [3.63, 3.8) is 0 Å². The molecular weight excluding hydrogens is 270 g/mol. The quantitative estimate of drug-likeness (QED) is 0.695. The zero-order valence-corrected chi connectivity index (χ0v) is 12.4. The molecule has 0 radical (unpaired) electrons. The first-order valence-corrected chi connectivity index (χ1v) is 7.48. The number of fused-ring (bicyclic) bond motifs is 1. The lowest BCUT2D eigenvalue weighted by Crippen LogP contribution is -2.10. The van der Waals surface area contributed by atoms with Gasteiger partial charge < -0.3 is 15.3 Å². The number of rotatable bonds is 1. The molecule has 21 heavy (non-hydrogen) atoms. The minimum absolute atomic E-state index is 0.215. The number of aromatic nitrogens is 1. The first kappa shape index (κ1) is 15.6. The second kappa shape index (κ2) is 6.35. The average Bonchev–Trinajstić information content (AvgIpc) is 2.68. The van der Waals surface area contributed by atoms with Crippen molar-refractivity contribution >= 4 is 5.91 Å². The average molecular weight is 293 g/mol. The van der Waals surface area contributed by atoms with E-state index in [0.29, 0.717) is 24.0 Å². The highest BCUT2D eigenvalue weighted by Gasteiger charge is 2.30. The fraction of sp³-hybridized carbons (Fsp3) is 0.562. The zero-order chi connectivity index (χ0) is 15.6. The van der Waals surface area contributed by atoms with Gasteiger partial charge in [-0.3, -0.25) is 4.79 Å². The maximum Gasteiger partial charge on any atom is 0.262 e. The van der Waals surface area contributed by atoms with Crippen LogP contribution in [0.15, 0.2) is 12.2 Å². The van der Waals surface area contributed by atoms with E-state index >= 15 is 0 Å². The van der Waals surface area contributed by atoms with Gasteiger partial charge in [-0.1, -0.05) is 32.3 Å². The second-order valence-electron chi connectivity index (χ2n) is 5.78. The van der Waals surface area contributed by atoms with Gasteiger partial charge >= 0.3 is 0 Å². The fourth-order valence-corrected chi connectivity index (χ4v) is 2.91. The molecule has 1 aliphatic rings. The van der Waals surface area contributed by atoms with Crippen LogP contribution in [0.2, 0.25) is 0 Å². The Hall–Kier alpha value is -1.75. The molecule has 0 aliphatic heterocycles. The lowest BCUT2D eigenvalue weighted by molar-refractivity contribution is 0.0935. The molecule has 1 atom stereocenters. The van der Waals surface area contributed by atoms with Gasteiger partial charge in [0.25, 0.3) is 5.91 Å². The van der Waals surface area contributed by atoms with Crippen molar-refractivity contribution in [3.05, 3.63) is 23.3 Å². The molecule has 0 saturated heterocycles. The standard InChI is InChI=1S/C16H23NO4/c1-10(2)14(19)17-15(20)11-8-6-4-3-5-7-9-12(18)13(11)16(17)21/h12,18,20-21H,1,3-9H2,2H3. The third-order valence-electron chi connectivity index (χ3n) is 4.07. The summed E-state index contributed by atoms with van der Waals surface area (Å²) in [7, 11) is 0. The van der Waals surface area contributed by atoms with Gasteiger partial charge in [0, 0.05) is 16.7 Å². The van der Waals surface area contributed by atoms with E-state index in [4.69, 9.17) is 0 Å². The maximum atomic E-state index is 12.1. The van der Waals surface area contributed by atoms with Crippen molar-refractivity contribution in [1.82, 2.24) is 4.57 Å². The number of hydrogen-bond acceptors (Lipinski definition) is 4. The van der Waals surface area contributed by atoms with Crippen LogP contribution >= 0.6 is 0 Å². The summed E-state index contributed by atoms with van der Waals surface area (Å²) >= 11 is 0. The van der Waals surface area contributed by atoms with Crippen molar-refractivity contribution in [2.75, 3.05) is 0 Å². The molecule has 0 spiro atoms. The molecule has 5 heteroatoms. The molecular formula is C16H23NO4. The summed E-state index contributed by atoms with van der Waals surface area (Å²) in [5.41, 5.74) is 0.994. The Morgan fingerprint density at radius 1 is 1.14 bits per heavy atom. The van der Waals surface area contributed by atoms with Gasteiger partial charge in [0.1, 0.15) is 0 Å². The second-order valence-corrected chi connectivity index (χ2v) is 5.78. The van der Waals surface area contributed by atoms with E-state index in [1.54, 1.807) is 0 Å². The van der Waals surface area contributed by atoms with Crippen LogP contribution < -0.4 is 0 Å². The number of aromatic hydroxyl groups is 2. The molecule has 2 rings (SSSR count). The predicted octanol–water partition coefficient (Wildman–Crippen LogP) is 3.05. The summed E-state index contributed by atoms with van der Waals surface area (Å²) in [5.74, 6) is -1.18. The largest absolute Gasteiger partial charge is 0.494 e. The summed E-state index contributed by atoms with van der Waals surface area (Å²) in [6, 6.07) is 0. The molecule has 1 aromatic rings. The van der Waals surface area contributed by atoms with Gasteiger partial charge in [-0.2, -0.15) is 0 Å². The molecule has 0 bridgehead atoms. The van der Waals surface area contributed by atoms with Crippen molar-refractivity contribution < 1.29 is 20.1 Å². The van der Waals surface area contributed by atoms with Crippen LogP contribution in [0.4, 0.5) is 0 Å². The topological polar surface area (TPSA) is 82.7 Å². The highest BCUT2D eigenvalue weighted by Crippen LogP contribution is 2.41. The number of nitrogens with zero attached hydrogens (tertiary/aromatic N) is 1. The Balaban J connectivity index is 2.52. The molecule has 1 unspecified atom stereocenters. The van der Waals surface area contributed by atoms with Crippen molar-refractivity contribution in [2.24, 2.45) is 0 Å². The van der Waals surface area contributed by atoms with E-state index < -0.39 is 12.0 Å². The summed E-state index contributed by atoms with van der Waals surface area (Å²) < 4.78 is 0.855. The van der Waals surface area contributed by atoms with Gasteiger partial charge in [0.05, 0.1) is 6.10 Å². The number of carbonyl (C=O) groups is 1. The lowest BCUT2D eigenvalue weighted by atomic mass is 9.95. The highest BCUT2D eigenvalue weighted by molar-refractivity contribution is 5.97. The van der Waals surface area contributed by atoms with Crippen molar-refractivity contribution in [1.29, 1.82) is 0 Å². The molecule has 0 amide bonds. The van der Waals surface area contributed by atoms with Crippen molar-refractivity contribution in [2.45, 2.75) is 58.0 Å². The van der Waals surface area contributed by atoms with E-state index in [1.165, 1.54) is 6.92 Å². The van der Waals surface area contributed by atoms with Crippen LogP contribution in [-0.4, -0.2) is 25.8 Å². The Kier molecular flexibility index (Phi) is 4.73. The Bertz CT molecular complexity index is 559. The maximum absolute atomic E-state index is 12.1. The summed E-state index contributed by atoms with van der Waals surface area (Å²) in [4.78, 5) is 12.1. The van der Waals surface area contributed by atoms with Gasteiger partial charge in [0.2, 0.25) is 11.8 Å². The van der Waals surface area contributed by atoms with Gasteiger partial charge in [-0.05, 0) is 26.2 Å². The normalized spacial score (nSPS) is 19.8. The molecule has 1 aromatic heterocycles. The van der Waals surface area contributed by atoms with Crippen LogP contribution in [0.3, 0.4) is 0 Å². The molecule has 1 heterocycles. The molecule has 3 N–H and O–H groups in total. The fourth-order valence-electron chi connectivity index (χ4n) is 2.91. The van der Waals surface area contributed by atoms with Crippen molar-refractivity contribution in [3.8, 4) is 11.8 Å². The minimum Gasteiger partial charge on any atom is -0.494 e. The monoisotopic (exact) mass is 293 g/mol. The third kappa shape index (κ3) is 2.97. The van der Waals surface area contributed by atoms with E-state index in [1.807, 2.05) is 0 Å². The minimum atomic E-state index is -0.858. The SMILES string of the molecule is C=C(C)C(=O)n1c(O)c2c(c1O)C(O)CCCCCCC2. The molecule has 0 saturated carbocycles. The number of aliphatic hydroxyl groups excluding tert-OH is 1. The summed E-state index contributed by atoms with van der Waals surface area (Å²) in [6.45, 7) is 5.07. The van der Waals surface area contributed by atoms with Crippen LogP contribution in [0, 0.1) is 0 Å². The highest BCUT2D eigenvalue weighted by atomic mass is 16.3. The first-order valence-electron chi connectivity index (χ1n) is 7.48. The van der Waals surface area contributed by atoms with E-state index in [0.717, 1.165) is 36.7 Å². The number of carbonyl (C=O) groups excluding carboxylic acids is 1. The van der Waals surface area contributed by atoms with Gasteiger partial charge in [0.15, 0.2) is 0 Å².